The summed E-state index contributed by atoms with van der Waals surface area (Å²) in [4.78, 5) is 60.2. The number of thioether (sulfide) groups is 2. The molecule has 2 amide bonds. The van der Waals surface area contributed by atoms with E-state index in [1.807, 2.05) is 12.2 Å². The van der Waals surface area contributed by atoms with Crippen LogP contribution in [0.4, 0.5) is 5.13 Å². The van der Waals surface area contributed by atoms with Gasteiger partial charge in [0.25, 0.3) is 11.8 Å². The van der Waals surface area contributed by atoms with Crippen LogP contribution in [-0.4, -0.2) is 98.8 Å². The van der Waals surface area contributed by atoms with Crippen LogP contribution in [0.2, 0.25) is 0 Å². The lowest BCUT2D eigenvalue weighted by Crippen LogP contribution is -2.71. The summed E-state index contributed by atoms with van der Waals surface area (Å²) < 4.78 is 1.08. The molecular weight excluding hydrogens is 586 g/mol. The number of nitrogens with one attached hydrogen (secondary N) is 1. The van der Waals surface area contributed by atoms with Crippen LogP contribution in [0.5, 0.6) is 0 Å². The number of nitrogens with zero attached hydrogens (tertiary/aromatic N) is 7. The first-order valence-corrected chi connectivity index (χ1v) is 14.6. The number of tetrazole rings is 1. The van der Waals surface area contributed by atoms with Crippen molar-refractivity contribution < 1.29 is 34.2 Å². The van der Waals surface area contributed by atoms with Crippen molar-refractivity contribution in [3.8, 4) is 0 Å². The molecule has 0 aromatic carbocycles. The number of rotatable bonds is 11. The second-order valence-electron chi connectivity index (χ2n) is 8.58. The molecule has 1 fully saturated rings. The molecule has 19 heteroatoms. The Balaban J connectivity index is 1.29. The van der Waals surface area contributed by atoms with Crippen LogP contribution in [0.1, 0.15) is 18.5 Å². The molecule has 3 aliphatic rings. The van der Waals surface area contributed by atoms with Crippen molar-refractivity contribution in [1.29, 1.82) is 0 Å². The molecule has 2 aromatic heterocycles. The lowest BCUT2D eigenvalue weighted by Gasteiger charge is -2.49. The number of oxime groups is 1. The predicted molar refractivity (Wildman–Crippen MR) is 142 cm³/mol. The van der Waals surface area contributed by atoms with Gasteiger partial charge in [-0.1, -0.05) is 23.0 Å². The summed E-state index contributed by atoms with van der Waals surface area (Å²) in [7, 11) is 0. The first kappa shape index (κ1) is 27.6. The highest BCUT2D eigenvalue weighted by molar-refractivity contribution is 8.01. The molecule has 1 saturated heterocycles. The Bertz CT molecular complexity index is 1450. The van der Waals surface area contributed by atoms with Gasteiger partial charge in [-0.25, -0.2) is 14.5 Å². The molecule has 0 spiro atoms. The highest BCUT2D eigenvalue weighted by atomic mass is 32.2. The van der Waals surface area contributed by atoms with E-state index in [0.717, 1.165) is 39.1 Å². The molecule has 4 heterocycles. The fraction of sp³-hybridized carbons (Fsp3) is 0.381. The van der Waals surface area contributed by atoms with Crippen LogP contribution >= 0.6 is 34.9 Å². The average molecular weight is 608 g/mol. The summed E-state index contributed by atoms with van der Waals surface area (Å²) in [5.74, 6) is -3.39. The van der Waals surface area contributed by atoms with E-state index in [1.54, 1.807) is 5.38 Å². The number of fused-ring (bicyclic) bond motifs is 1. The summed E-state index contributed by atoms with van der Waals surface area (Å²) in [6.07, 6.45) is 5.03. The van der Waals surface area contributed by atoms with Crippen molar-refractivity contribution in [2.45, 2.75) is 42.1 Å². The Morgan fingerprint density at radius 1 is 1.32 bits per heavy atom. The normalized spacial score (nSPS) is 22.2. The SMILES string of the molecule is Nc1nc(C(=NOC2C=CCC2)C(=O)NC2C(=O)N3C(C(=O)O)=C(CSc4nnnn4CC(=O)O)CS[C@@H]23)cs1. The second kappa shape index (κ2) is 11.6. The van der Waals surface area contributed by atoms with E-state index >= 15 is 0 Å². The number of anilines is 1. The summed E-state index contributed by atoms with van der Waals surface area (Å²) in [5.41, 5.74) is 6.01. The number of hydrogen-bond acceptors (Lipinski definition) is 14. The molecule has 5 rings (SSSR count). The van der Waals surface area contributed by atoms with Crippen LogP contribution in [0, 0.1) is 0 Å². The summed E-state index contributed by atoms with van der Waals surface area (Å²) in [6.45, 7) is -0.454. The molecule has 0 radical (unpaired) electrons. The van der Waals surface area contributed by atoms with E-state index in [-0.39, 0.29) is 45.0 Å². The zero-order valence-electron chi connectivity index (χ0n) is 20.4. The number of carbonyl (C=O) groups excluding carboxylic acids is 2. The number of carbonyl (C=O) groups is 4. The van der Waals surface area contributed by atoms with Crippen LogP contribution in [0.3, 0.4) is 0 Å². The molecule has 5 N–H and O–H groups in total. The number of carboxylic acids is 2. The number of thiazole rings is 1. The Kier molecular flexibility index (Phi) is 8.03. The Morgan fingerprint density at radius 2 is 2.15 bits per heavy atom. The Morgan fingerprint density at radius 3 is 2.83 bits per heavy atom. The molecule has 2 aliphatic heterocycles. The fourth-order valence-corrected chi connectivity index (χ4v) is 7.01. The van der Waals surface area contributed by atoms with Crippen LogP contribution in [-0.2, 0) is 30.6 Å². The number of aromatic nitrogens is 5. The van der Waals surface area contributed by atoms with Crippen LogP contribution < -0.4 is 11.1 Å². The maximum atomic E-state index is 13.2. The van der Waals surface area contributed by atoms with Gasteiger partial charge in [0.1, 0.15) is 35.5 Å². The standard InChI is InChI=1S/C21H21N9O7S3/c22-20-23-11(8-39-20)13(26-37-10-3-1-2-4-10)16(33)24-14-17(34)30-15(19(35)36)9(6-38-18(14)30)7-40-21-25-27-28-29(21)5-12(31)32/h1,3,8,10,14,18H,2,4-7H2,(H2,22,23)(H,24,33)(H,31,32)(H,35,36)/t10?,14?,18-/m0/s1. The third-order valence-corrected chi connectivity index (χ3v) is 8.98. The largest absolute Gasteiger partial charge is 0.480 e. The van der Waals surface area contributed by atoms with Gasteiger partial charge in [0.2, 0.25) is 5.16 Å². The number of carboxylic acid groups (broad SMARTS) is 2. The number of allylic oxidation sites excluding steroid dienone is 1. The van der Waals surface area contributed by atoms with Crippen LogP contribution in [0.25, 0.3) is 0 Å². The molecule has 2 unspecified atom stereocenters. The smallest absolute Gasteiger partial charge is 0.352 e. The molecular formula is C21H21N9O7S3. The van der Waals surface area contributed by atoms with Crippen molar-refractivity contribution in [1.82, 2.24) is 35.4 Å². The molecule has 16 nitrogen and oxygen atoms in total. The van der Waals surface area contributed by atoms with E-state index in [1.165, 1.54) is 11.8 Å². The zero-order chi connectivity index (χ0) is 28.4. The molecule has 1 aliphatic carbocycles. The van der Waals surface area contributed by atoms with Gasteiger partial charge in [-0.3, -0.25) is 19.3 Å². The third-order valence-electron chi connectivity index (χ3n) is 5.92. The average Bonchev–Trinajstić information content (AvgIpc) is 3.68. The highest BCUT2D eigenvalue weighted by Crippen LogP contribution is 2.41. The van der Waals surface area contributed by atoms with Gasteiger partial charge in [0.05, 0.1) is 0 Å². The van der Waals surface area contributed by atoms with Gasteiger partial charge in [-0.05, 0) is 34.9 Å². The van der Waals surface area contributed by atoms with Gasteiger partial charge in [0.15, 0.2) is 10.8 Å². The van der Waals surface area contributed by atoms with Gasteiger partial charge in [-0.15, -0.1) is 28.2 Å². The number of hydrogen-bond donors (Lipinski definition) is 4. The molecule has 0 saturated carbocycles. The molecule has 210 valence electrons. The number of aliphatic carboxylic acids is 2. The van der Waals surface area contributed by atoms with E-state index in [4.69, 9.17) is 15.7 Å². The zero-order valence-corrected chi connectivity index (χ0v) is 22.8. The van der Waals surface area contributed by atoms with Crippen molar-refractivity contribution in [3.63, 3.8) is 0 Å². The second-order valence-corrected chi connectivity index (χ2v) is 11.5. The maximum absolute atomic E-state index is 13.2. The lowest BCUT2D eigenvalue weighted by atomic mass is 10.0. The minimum atomic E-state index is -1.30. The number of amides is 2. The maximum Gasteiger partial charge on any atom is 0.352 e. The summed E-state index contributed by atoms with van der Waals surface area (Å²) >= 11 is 3.45. The van der Waals surface area contributed by atoms with E-state index in [0.29, 0.717) is 12.0 Å². The van der Waals surface area contributed by atoms with E-state index in [9.17, 15) is 24.3 Å². The minimum absolute atomic E-state index is 0.108. The first-order chi connectivity index (χ1) is 19.2. The highest BCUT2D eigenvalue weighted by Gasteiger charge is 2.54. The van der Waals surface area contributed by atoms with Gasteiger partial charge < -0.3 is 26.1 Å². The monoisotopic (exact) mass is 607 g/mol. The summed E-state index contributed by atoms with van der Waals surface area (Å²) in [6, 6.07) is -1.00. The van der Waals surface area contributed by atoms with Crippen molar-refractivity contribution in [2.24, 2.45) is 5.16 Å². The molecule has 0 bridgehead atoms. The molecule has 3 atom stereocenters. The molecule has 2 aromatic rings. The molecule has 40 heavy (non-hydrogen) atoms. The topological polar surface area (TPSA) is 228 Å². The number of β-lactam (4-membered cyclic amide) rings is 1. The van der Waals surface area contributed by atoms with Gasteiger partial charge in [-0.2, -0.15) is 0 Å². The van der Waals surface area contributed by atoms with Crippen molar-refractivity contribution in [2.75, 3.05) is 17.2 Å². The third kappa shape index (κ3) is 5.65. The van der Waals surface area contributed by atoms with Crippen LogP contribution in [0.15, 0.2) is 39.1 Å². The van der Waals surface area contributed by atoms with E-state index < -0.39 is 41.7 Å². The minimum Gasteiger partial charge on any atom is -0.480 e. The van der Waals surface area contributed by atoms with Crippen molar-refractivity contribution in [3.05, 3.63) is 34.5 Å². The predicted octanol–water partition coefficient (Wildman–Crippen LogP) is -0.233. The fourth-order valence-electron chi connectivity index (χ4n) is 4.10. The first-order valence-electron chi connectivity index (χ1n) is 11.7. The van der Waals surface area contributed by atoms with Crippen molar-refractivity contribution >= 4 is 69.5 Å². The van der Waals surface area contributed by atoms with Gasteiger partial charge in [0, 0.05) is 16.9 Å². The lowest BCUT2D eigenvalue weighted by molar-refractivity contribution is -0.150. The quantitative estimate of drug-likeness (QED) is 0.0850. The van der Waals surface area contributed by atoms with E-state index in [2.05, 4.69) is 31.0 Å². The Hall–Kier alpha value is -3.97. The Labute approximate surface area is 237 Å². The number of nitrogen functional groups attached to an aromatic ring is 1. The van der Waals surface area contributed by atoms with Gasteiger partial charge >= 0.3 is 11.9 Å². The summed E-state index contributed by atoms with van der Waals surface area (Å²) in [5, 5.41) is 37.7. The number of nitrogens with two attached hydrogens (primary N) is 1.